The van der Waals surface area contributed by atoms with Crippen LogP contribution in [0.5, 0.6) is 11.5 Å². The lowest BCUT2D eigenvalue weighted by atomic mass is 9.98. The molecule has 0 unspecified atom stereocenters. The Morgan fingerprint density at radius 1 is 0.970 bits per heavy atom. The predicted molar refractivity (Wildman–Crippen MR) is 134 cm³/mol. The number of benzene rings is 2. The molecule has 0 radical (unpaired) electrons. The third kappa shape index (κ3) is 4.59. The highest BCUT2D eigenvalue weighted by atomic mass is 32.2. The lowest BCUT2D eigenvalue weighted by Crippen LogP contribution is -2.39. The molecule has 6 nitrogen and oxygen atoms in total. The number of thiazole rings is 1. The first-order chi connectivity index (χ1) is 15.7. The molecule has 0 aliphatic carbocycles. The van der Waals surface area contributed by atoms with Gasteiger partial charge in [-0.15, -0.1) is 11.3 Å². The molecule has 3 aromatic rings. The van der Waals surface area contributed by atoms with Crippen LogP contribution in [-0.4, -0.2) is 46.0 Å². The van der Waals surface area contributed by atoms with Gasteiger partial charge in [0.25, 0.3) is 0 Å². The van der Waals surface area contributed by atoms with Crippen LogP contribution in [0.1, 0.15) is 29.5 Å². The average molecular weight is 487 g/mol. The van der Waals surface area contributed by atoms with Crippen molar-refractivity contribution >= 4 is 26.3 Å². The molecular weight excluding hydrogens is 456 g/mol. The first kappa shape index (κ1) is 23.6. The number of hydrogen-bond donors (Lipinski definition) is 0. The van der Waals surface area contributed by atoms with Gasteiger partial charge < -0.3 is 14.4 Å². The Morgan fingerprint density at radius 3 is 2.21 bits per heavy atom. The number of aryl methyl sites for hydroxylation is 3. The van der Waals surface area contributed by atoms with Crippen LogP contribution in [0.2, 0.25) is 0 Å². The number of hydrogen-bond acceptors (Lipinski definition) is 7. The van der Waals surface area contributed by atoms with Crippen LogP contribution in [0.15, 0.2) is 40.6 Å². The van der Waals surface area contributed by atoms with E-state index in [1.165, 1.54) is 36.5 Å². The van der Waals surface area contributed by atoms with Gasteiger partial charge in [-0.25, -0.2) is 13.4 Å². The van der Waals surface area contributed by atoms with E-state index in [0.717, 1.165) is 10.8 Å². The number of piperidine rings is 1. The van der Waals surface area contributed by atoms with Gasteiger partial charge in [-0.2, -0.15) is 0 Å². The minimum atomic E-state index is -3.46. The molecule has 0 bridgehead atoms. The van der Waals surface area contributed by atoms with Crippen molar-refractivity contribution in [3.8, 4) is 22.8 Å². The molecule has 33 heavy (non-hydrogen) atoms. The summed E-state index contributed by atoms with van der Waals surface area (Å²) in [7, 11) is -0.414. The van der Waals surface area contributed by atoms with Crippen LogP contribution in [0.4, 0.5) is 5.13 Å². The number of rotatable bonds is 6. The van der Waals surface area contributed by atoms with Gasteiger partial charge >= 0.3 is 0 Å². The summed E-state index contributed by atoms with van der Waals surface area (Å²) >= 11 is 1.62. The standard InChI is InChI=1S/C25H30N2O4S2/c1-16-12-17(2)24(18(3)13-16)21-15-32-25(26-21)27-10-8-19(9-11-27)33(28,29)20-6-7-22(30-4)23(14-20)31-5/h6-7,12-15,19H,8-11H2,1-5H3. The zero-order chi connectivity index (χ0) is 23.8. The van der Waals surface area contributed by atoms with Crippen LogP contribution < -0.4 is 14.4 Å². The Hall–Kier alpha value is -2.58. The minimum absolute atomic E-state index is 0.278. The molecule has 0 atom stereocenters. The molecule has 2 aromatic carbocycles. The molecule has 176 valence electrons. The lowest BCUT2D eigenvalue weighted by molar-refractivity contribution is 0.354. The van der Waals surface area contributed by atoms with Crippen molar-refractivity contribution in [1.29, 1.82) is 0 Å². The van der Waals surface area contributed by atoms with E-state index in [4.69, 9.17) is 14.5 Å². The third-order valence-electron chi connectivity index (χ3n) is 6.26. The van der Waals surface area contributed by atoms with Crippen LogP contribution in [-0.2, 0) is 9.84 Å². The summed E-state index contributed by atoms with van der Waals surface area (Å²) < 4.78 is 37.0. The molecule has 4 rings (SSSR count). The highest BCUT2D eigenvalue weighted by Crippen LogP contribution is 2.36. The molecule has 0 spiro atoms. The fraction of sp³-hybridized carbons (Fsp3) is 0.400. The highest BCUT2D eigenvalue weighted by molar-refractivity contribution is 7.92. The van der Waals surface area contributed by atoms with Crippen molar-refractivity contribution in [2.75, 3.05) is 32.2 Å². The summed E-state index contributed by atoms with van der Waals surface area (Å²) in [6.07, 6.45) is 1.13. The Balaban J connectivity index is 1.49. The van der Waals surface area contributed by atoms with E-state index in [1.54, 1.807) is 29.5 Å². The van der Waals surface area contributed by atoms with Crippen LogP contribution in [0, 0.1) is 20.8 Å². The smallest absolute Gasteiger partial charge is 0.185 e. The van der Waals surface area contributed by atoms with Gasteiger partial charge in [0.15, 0.2) is 26.5 Å². The Morgan fingerprint density at radius 2 is 1.61 bits per heavy atom. The molecule has 0 N–H and O–H groups in total. The molecule has 8 heteroatoms. The predicted octanol–water partition coefficient (Wildman–Crippen LogP) is 5.20. The Labute approximate surface area is 200 Å². The third-order valence-corrected chi connectivity index (χ3v) is 9.42. The Kier molecular flexibility index (Phi) is 6.68. The topological polar surface area (TPSA) is 68.7 Å². The van der Waals surface area contributed by atoms with Crippen molar-refractivity contribution in [3.05, 3.63) is 52.4 Å². The molecule has 1 fully saturated rings. The van der Waals surface area contributed by atoms with E-state index in [1.807, 2.05) is 0 Å². The maximum Gasteiger partial charge on any atom is 0.185 e. The second kappa shape index (κ2) is 9.35. The van der Waals surface area contributed by atoms with Crippen LogP contribution in [0.3, 0.4) is 0 Å². The first-order valence-electron chi connectivity index (χ1n) is 11.0. The van der Waals surface area contributed by atoms with Gasteiger partial charge in [-0.1, -0.05) is 17.7 Å². The van der Waals surface area contributed by atoms with E-state index in [0.29, 0.717) is 37.4 Å². The number of anilines is 1. The van der Waals surface area contributed by atoms with Crippen molar-refractivity contribution < 1.29 is 17.9 Å². The summed E-state index contributed by atoms with van der Waals surface area (Å²) in [6, 6.07) is 9.17. The van der Waals surface area contributed by atoms with Crippen molar-refractivity contribution in [2.24, 2.45) is 0 Å². The number of sulfone groups is 1. The summed E-state index contributed by atoms with van der Waals surface area (Å²) in [4.78, 5) is 7.39. The second-order valence-corrected chi connectivity index (χ2v) is 11.6. The van der Waals surface area contributed by atoms with Gasteiger partial charge in [0, 0.05) is 30.1 Å². The fourth-order valence-electron chi connectivity index (χ4n) is 4.65. The summed E-state index contributed by atoms with van der Waals surface area (Å²) in [6.45, 7) is 7.68. The first-order valence-corrected chi connectivity index (χ1v) is 13.4. The van der Waals surface area contributed by atoms with E-state index in [9.17, 15) is 8.42 Å². The van der Waals surface area contributed by atoms with Gasteiger partial charge in [-0.3, -0.25) is 0 Å². The Bertz CT molecular complexity index is 1240. The number of methoxy groups -OCH3 is 2. The van der Waals surface area contributed by atoms with Gasteiger partial charge in [-0.05, 0) is 56.9 Å². The van der Waals surface area contributed by atoms with E-state index in [2.05, 4.69) is 43.2 Å². The molecule has 0 amide bonds. The zero-order valence-corrected chi connectivity index (χ0v) is 21.3. The average Bonchev–Trinajstić information content (AvgIpc) is 3.27. The number of ether oxygens (including phenoxy) is 2. The highest BCUT2D eigenvalue weighted by Gasteiger charge is 2.32. The van der Waals surface area contributed by atoms with E-state index < -0.39 is 15.1 Å². The molecule has 1 aromatic heterocycles. The number of nitrogens with zero attached hydrogens (tertiary/aromatic N) is 2. The van der Waals surface area contributed by atoms with E-state index >= 15 is 0 Å². The van der Waals surface area contributed by atoms with Gasteiger partial charge in [0.2, 0.25) is 0 Å². The second-order valence-electron chi connectivity index (χ2n) is 8.54. The molecule has 0 saturated carbocycles. The summed E-state index contributed by atoms with van der Waals surface area (Å²) in [5.74, 6) is 0.943. The van der Waals surface area contributed by atoms with Gasteiger partial charge in [0.1, 0.15) is 0 Å². The SMILES string of the molecule is COc1ccc(S(=O)(=O)C2CCN(c3nc(-c4c(C)cc(C)cc4C)cs3)CC2)cc1OC. The molecule has 2 heterocycles. The van der Waals surface area contributed by atoms with Crippen LogP contribution >= 0.6 is 11.3 Å². The molecule has 1 aliphatic rings. The molecule has 1 saturated heterocycles. The van der Waals surface area contributed by atoms with Crippen molar-refractivity contribution in [3.63, 3.8) is 0 Å². The maximum absolute atomic E-state index is 13.3. The lowest BCUT2D eigenvalue weighted by Gasteiger charge is -2.31. The largest absolute Gasteiger partial charge is 0.493 e. The quantitative estimate of drug-likeness (QED) is 0.477. The zero-order valence-electron chi connectivity index (χ0n) is 19.7. The fourth-order valence-corrected chi connectivity index (χ4v) is 7.27. The van der Waals surface area contributed by atoms with E-state index in [-0.39, 0.29) is 4.90 Å². The maximum atomic E-state index is 13.3. The number of aromatic nitrogens is 1. The minimum Gasteiger partial charge on any atom is -0.493 e. The monoisotopic (exact) mass is 486 g/mol. The van der Waals surface area contributed by atoms with Gasteiger partial charge in [0.05, 0.1) is 30.1 Å². The summed E-state index contributed by atoms with van der Waals surface area (Å²) in [5, 5.41) is 2.63. The normalized spacial score (nSPS) is 15.0. The van der Waals surface area contributed by atoms with Crippen LogP contribution in [0.25, 0.3) is 11.3 Å². The van der Waals surface area contributed by atoms with Crippen molar-refractivity contribution in [2.45, 2.75) is 43.8 Å². The molecule has 1 aliphatic heterocycles. The van der Waals surface area contributed by atoms with Crippen molar-refractivity contribution in [1.82, 2.24) is 4.98 Å². The molecular formula is C25H30N2O4S2. The summed E-state index contributed by atoms with van der Waals surface area (Å²) in [5.41, 5.74) is 5.88.